The molecule has 116 valence electrons. The number of nitrogens with one attached hydrogen (secondary N) is 1. The zero-order valence-electron chi connectivity index (χ0n) is 12.8. The Morgan fingerprint density at radius 2 is 2.32 bits per heavy atom. The average Bonchev–Trinajstić information content (AvgIpc) is 2.82. The molecule has 0 radical (unpaired) electrons. The lowest BCUT2D eigenvalue weighted by Crippen LogP contribution is -2.46. The fourth-order valence-electron chi connectivity index (χ4n) is 2.80. The lowest BCUT2D eigenvalue weighted by Gasteiger charge is -2.26. The number of hydrogen-bond acceptors (Lipinski definition) is 4. The monoisotopic (exact) mass is 301 g/mol. The van der Waals surface area contributed by atoms with Crippen molar-refractivity contribution in [2.45, 2.75) is 32.7 Å². The second-order valence-electron chi connectivity index (χ2n) is 5.51. The highest BCUT2D eigenvalue weighted by Gasteiger charge is 2.32. The third-order valence-electron chi connectivity index (χ3n) is 3.93. The van der Waals surface area contributed by atoms with E-state index in [4.69, 9.17) is 4.42 Å². The maximum atomic E-state index is 12.7. The number of carbonyl (C=O) groups is 2. The van der Waals surface area contributed by atoms with Crippen LogP contribution in [-0.2, 0) is 4.79 Å². The minimum absolute atomic E-state index is 0.0987. The van der Waals surface area contributed by atoms with Gasteiger partial charge in [0.1, 0.15) is 11.6 Å². The highest BCUT2D eigenvalue weighted by molar-refractivity contribution is 5.98. The van der Waals surface area contributed by atoms with Gasteiger partial charge in [0.05, 0.1) is 0 Å². The number of furan rings is 1. The molecule has 6 nitrogen and oxygen atoms in total. The maximum Gasteiger partial charge on any atom is 0.290 e. The van der Waals surface area contributed by atoms with E-state index in [0.717, 1.165) is 12.1 Å². The van der Waals surface area contributed by atoms with Crippen LogP contribution >= 0.6 is 0 Å². The molecule has 0 aliphatic carbocycles. The predicted octanol–water partition coefficient (Wildman–Crippen LogP) is 1.88. The van der Waals surface area contributed by atoms with Crippen LogP contribution in [0.1, 0.15) is 36.0 Å². The third kappa shape index (κ3) is 2.56. The number of pyridine rings is 1. The molecule has 22 heavy (non-hydrogen) atoms. The summed E-state index contributed by atoms with van der Waals surface area (Å²) < 4.78 is 5.62. The molecule has 0 spiro atoms. The molecule has 1 aliphatic heterocycles. The Kier molecular flexibility index (Phi) is 3.83. The van der Waals surface area contributed by atoms with Gasteiger partial charge < -0.3 is 14.6 Å². The summed E-state index contributed by atoms with van der Waals surface area (Å²) in [5.41, 5.74) is 2.12. The van der Waals surface area contributed by atoms with Gasteiger partial charge in [0, 0.05) is 24.8 Å². The van der Waals surface area contributed by atoms with Gasteiger partial charge in [-0.25, -0.2) is 4.98 Å². The van der Waals surface area contributed by atoms with Crippen molar-refractivity contribution in [3.63, 3.8) is 0 Å². The fraction of sp³-hybridized carbons (Fsp3) is 0.438. The van der Waals surface area contributed by atoms with E-state index < -0.39 is 6.04 Å². The summed E-state index contributed by atoms with van der Waals surface area (Å²) in [6, 6.07) is 4.85. The van der Waals surface area contributed by atoms with E-state index >= 15 is 0 Å². The van der Waals surface area contributed by atoms with Crippen LogP contribution in [0.25, 0.3) is 11.1 Å². The van der Waals surface area contributed by atoms with Gasteiger partial charge in [-0.1, -0.05) is 6.92 Å². The van der Waals surface area contributed by atoms with E-state index in [1.54, 1.807) is 17.0 Å². The lowest BCUT2D eigenvalue weighted by molar-refractivity contribution is -0.124. The van der Waals surface area contributed by atoms with Gasteiger partial charge >= 0.3 is 0 Å². The van der Waals surface area contributed by atoms with Crippen LogP contribution < -0.4 is 5.32 Å². The normalized spacial score (nSPS) is 19.1. The van der Waals surface area contributed by atoms with E-state index in [0.29, 0.717) is 30.6 Å². The molecule has 0 unspecified atom stereocenters. The average molecular weight is 301 g/mol. The fourth-order valence-corrected chi connectivity index (χ4v) is 2.80. The first-order chi connectivity index (χ1) is 10.6. The summed E-state index contributed by atoms with van der Waals surface area (Å²) in [5, 5.41) is 2.84. The van der Waals surface area contributed by atoms with Crippen LogP contribution in [0.3, 0.4) is 0 Å². The second-order valence-corrected chi connectivity index (χ2v) is 5.51. The molecular formula is C16H19N3O3. The first-order valence-corrected chi connectivity index (χ1v) is 7.56. The summed E-state index contributed by atoms with van der Waals surface area (Å²) in [5.74, 6) is -0.112. The Labute approximate surface area is 128 Å². The number of aromatic nitrogens is 1. The standard InChI is InChI=1S/C16H19N3O3/c1-3-12-15(20)17-7-4-8-19(12)16(21)14-9-11-13(22-14)6-5-10(2)18-11/h5-6,9,12H,3-4,7-8H2,1-2H3,(H,17,20)/t12-/m1/s1. The minimum atomic E-state index is -0.446. The molecule has 0 saturated carbocycles. The SMILES string of the molecule is CC[C@@H]1C(=O)NCCCN1C(=O)c1cc2nc(C)ccc2o1. The lowest BCUT2D eigenvalue weighted by atomic mass is 10.1. The smallest absolute Gasteiger partial charge is 0.290 e. The molecule has 1 N–H and O–H groups in total. The second kappa shape index (κ2) is 5.79. The molecule has 1 saturated heterocycles. The zero-order valence-corrected chi connectivity index (χ0v) is 12.8. The summed E-state index contributed by atoms with van der Waals surface area (Å²) in [7, 11) is 0. The number of carbonyl (C=O) groups excluding carboxylic acids is 2. The number of aryl methyl sites for hydroxylation is 1. The van der Waals surface area contributed by atoms with Crippen molar-refractivity contribution in [3.8, 4) is 0 Å². The van der Waals surface area contributed by atoms with Gasteiger partial charge in [-0.3, -0.25) is 9.59 Å². The largest absolute Gasteiger partial charge is 0.449 e. The van der Waals surface area contributed by atoms with Crippen molar-refractivity contribution in [3.05, 3.63) is 29.7 Å². The van der Waals surface area contributed by atoms with Crippen molar-refractivity contribution in [2.24, 2.45) is 0 Å². The van der Waals surface area contributed by atoms with Crippen LogP contribution in [-0.4, -0.2) is 40.8 Å². The van der Waals surface area contributed by atoms with Gasteiger partial charge in [-0.2, -0.15) is 0 Å². The summed E-state index contributed by atoms with van der Waals surface area (Å²) in [6.45, 7) is 4.93. The Balaban J connectivity index is 1.94. The van der Waals surface area contributed by atoms with Gasteiger partial charge in [0.25, 0.3) is 5.91 Å². The van der Waals surface area contributed by atoms with Crippen molar-refractivity contribution in [1.29, 1.82) is 0 Å². The molecule has 1 fully saturated rings. The molecular weight excluding hydrogens is 282 g/mol. The summed E-state index contributed by atoms with van der Waals surface area (Å²) in [6.07, 6.45) is 1.32. The van der Waals surface area contributed by atoms with E-state index in [-0.39, 0.29) is 17.6 Å². The number of rotatable bonds is 2. The molecule has 6 heteroatoms. The summed E-state index contributed by atoms with van der Waals surface area (Å²) in [4.78, 5) is 30.8. The van der Waals surface area contributed by atoms with Gasteiger partial charge in [0.15, 0.2) is 11.3 Å². The Morgan fingerprint density at radius 3 is 3.09 bits per heavy atom. The van der Waals surface area contributed by atoms with E-state index in [9.17, 15) is 9.59 Å². The van der Waals surface area contributed by atoms with Crippen molar-refractivity contribution in [1.82, 2.24) is 15.2 Å². The van der Waals surface area contributed by atoms with Crippen LogP contribution in [0.4, 0.5) is 0 Å². The Morgan fingerprint density at radius 1 is 1.50 bits per heavy atom. The Hall–Kier alpha value is -2.37. The maximum absolute atomic E-state index is 12.7. The molecule has 3 heterocycles. The molecule has 1 aliphatic rings. The van der Waals surface area contributed by atoms with Crippen LogP contribution in [0, 0.1) is 6.92 Å². The first-order valence-electron chi connectivity index (χ1n) is 7.56. The molecule has 2 aromatic heterocycles. The van der Waals surface area contributed by atoms with Crippen LogP contribution in [0.5, 0.6) is 0 Å². The summed E-state index contributed by atoms with van der Waals surface area (Å²) >= 11 is 0. The molecule has 2 amide bonds. The van der Waals surface area contributed by atoms with Crippen LogP contribution in [0.2, 0.25) is 0 Å². The van der Waals surface area contributed by atoms with Gasteiger partial charge in [-0.05, 0) is 31.9 Å². The number of hydrogen-bond donors (Lipinski definition) is 1. The van der Waals surface area contributed by atoms with Gasteiger partial charge in [0.2, 0.25) is 5.91 Å². The van der Waals surface area contributed by atoms with Crippen molar-refractivity contribution >= 4 is 22.9 Å². The highest BCUT2D eigenvalue weighted by atomic mass is 16.3. The quantitative estimate of drug-likeness (QED) is 0.919. The Bertz CT molecular complexity index is 722. The molecule has 2 aromatic rings. The minimum Gasteiger partial charge on any atom is -0.449 e. The van der Waals surface area contributed by atoms with E-state index in [1.807, 2.05) is 19.9 Å². The first kappa shape index (κ1) is 14.6. The molecule has 1 atom stereocenters. The third-order valence-corrected chi connectivity index (χ3v) is 3.93. The topological polar surface area (TPSA) is 75.4 Å². The van der Waals surface area contributed by atoms with E-state index in [1.165, 1.54) is 0 Å². The molecule has 0 bridgehead atoms. The van der Waals surface area contributed by atoms with Crippen molar-refractivity contribution in [2.75, 3.05) is 13.1 Å². The van der Waals surface area contributed by atoms with Gasteiger partial charge in [-0.15, -0.1) is 0 Å². The van der Waals surface area contributed by atoms with Crippen LogP contribution in [0.15, 0.2) is 22.6 Å². The van der Waals surface area contributed by atoms with E-state index in [2.05, 4.69) is 10.3 Å². The number of fused-ring (bicyclic) bond motifs is 1. The molecule has 3 rings (SSSR count). The highest BCUT2D eigenvalue weighted by Crippen LogP contribution is 2.21. The number of amides is 2. The zero-order chi connectivity index (χ0) is 15.7. The predicted molar refractivity (Wildman–Crippen MR) is 81.5 cm³/mol. The number of nitrogens with zero attached hydrogens (tertiary/aromatic N) is 2. The van der Waals surface area contributed by atoms with Crippen molar-refractivity contribution < 1.29 is 14.0 Å². The molecule has 0 aromatic carbocycles.